The van der Waals surface area contributed by atoms with Gasteiger partial charge in [0.25, 0.3) is 5.91 Å². The maximum absolute atomic E-state index is 12.9. The van der Waals surface area contributed by atoms with E-state index in [1.165, 1.54) is 5.52 Å². The Hall–Kier alpha value is -2.73. The number of thiazole rings is 1. The topological polar surface area (TPSA) is 51.0 Å². The molecule has 6 heteroatoms. The van der Waals surface area contributed by atoms with E-state index in [2.05, 4.69) is 26.7 Å². The lowest BCUT2D eigenvalue weighted by molar-refractivity contribution is 0.0683. The van der Waals surface area contributed by atoms with Crippen LogP contribution in [-0.4, -0.2) is 38.4 Å². The van der Waals surface area contributed by atoms with Gasteiger partial charge in [0.2, 0.25) is 0 Å². The SMILES string of the molecule is O=C(c1ccc2ncsc2c1)N1CCC(Cn2cnc3ccccc32)CC1. The number of likely N-dealkylation sites (tertiary alicyclic amines) is 1. The predicted octanol–water partition coefficient (Wildman–Crippen LogP) is 4.20. The molecule has 0 atom stereocenters. The molecule has 4 aromatic rings. The first-order valence-corrected chi connectivity index (χ1v) is 10.2. The molecule has 1 saturated heterocycles. The molecule has 1 fully saturated rings. The van der Waals surface area contributed by atoms with Gasteiger partial charge >= 0.3 is 0 Å². The fraction of sp³-hybridized carbons (Fsp3) is 0.286. The van der Waals surface area contributed by atoms with Crippen LogP contribution in [0.15, 0.2) is 54.3 Å². The number of carbonyl (C=O) groups excluding carboxylic acids is 1. The van der Waals surface area contributed by atoms with Crippen molar-refractivity contribution < 1.29 is 4.79 Å². The van der Waals surface area contributed by atoms with Crippen molar-refractivity contribution in [3.8, 4) is 0 Å². The third kappa shape index (κ3) is 3.10. The van der Waals surface area contributed by atoms with Crippen LogP contribution in [0.5, 0.6) is 0 Å². The van der Waals surface area contributed by atoms with Crippen molar-refractivity contribution in [3.63, 3.8) is 0 Å². The maximum Gasteiger partial charge on any atom is 0.253 e. The van der Waals surface area contributed by atoms with E-state index < -0.39 is 0 Å². The van der Waals surface area contributed by atoms with Crippen LogP contribution in [0.1, 0.15) is 23.2 Å². The fourth-order valence-corrected chi connectivity index (χ4v) is 4.64. The molecule has 0 saturated carbocycles. The average Bonchev–Trinajstić information content (AvgIpc) is 3.35. The number of rotatable bonds is 3. The summed E-state index contributed by atoms with van der Waals surface area (Å²) in [5, 5.41) is 0. The van der Waals surface area contributed by atoms with Crippen LogP contribution in [0.4, 0.5) is 0 Å². The zero-order chi connectivity index (χ0) is 18.2. The molecule has 1 amide bonds. The van der Waals surface area contributed by atoms with Crippen LogP contribution >= 0.6 is 11.3 Å². The molecular weight excluding hydrogens is 356 g/mol. The highest BCUT2D eigenvalue weighted by molar-refractivity contribution is 7.16. The molecule has 5 nitrogen and oxygen atoms in total. The summed E-state index contributed by atoms with van der Waals surface area (Å²) in [6.45, 7) is 2.60. The van der Waals surface area contributed by atoms with Gasteiger partial charge in [0.15, 0.2) is 0 Å². The summed E-state index contributed by atoms with van der Waals surface area (Å²) >= 11 is 1.58. The van der Waals surface area contributed by atoms with Crippen molar-refractivity contribution >= 4 is 38.5 Å². The molecule has 2 aromatic carbocycles. The zero-order valence-corrected chi connectivity index (χ0v) is 15.7. The molecule has 0 bridgehead atoms. The molecule has 0 N–H and O–H groups in total. The van der Waals surface area contributed by atoms with Crippen molar-refractivity contribution in [1.82, 2.24) is 19.4 Å². The smallest absolute Gasteiger partial charge is 0.253 e. The minimum atomic E-state index is 0.136. The van der Waals surface area contributed by atoms with E-state index in [0.29, 0.717) is 5.92 Å². The van der Waals surface area contributed by atoms with Crippen molar-refractivity contribution in [3.05, 3.63) is 59.9 Å². The quantitative estimate of drug-likeness (QED) is 0.538. The number of imidazole rings is 1. The maximum atomic E-state index is 12.9. The Kier molecular flexibility index (Phi) is 4.13. The molecule has 0 aliphatic carbocycles. The number of carbonyl (C=O) groups is 1. The summed E-state index contributed by atoms with van der Waals surface area (Å²) in [5.74, 6) is 0.715. The van der Waals surface area contributed by atoms with Gasteiger partial charge in [-0.15, -0.1) is 11.3 Å². The standard InChI is InChI=1S/C21H20N4OS/c26-21(16-5-6-18-20(11-16)27-14-23-18)24-9-7-15(8-10-24)12-25-13-22-17-3-1-2-4-19(17)25/h1-6,11,13-15H,7-10,12H2. The molecule has 1 aliphatic rings. The molecule has 1 aliphatic heterocycles. The highest BCUT2D eigenvalue weighted by Crippen LogP contribution is 2.24. The molecule has 0 radical (unpaired) electrons. The zero-order valence-electron chi connectivity index (χ0n) is 14.9. The van der Waals surface area contributed by atoms with E-state index in [1.807, 2.05) is 47.1 Å². The third-order valence-electron chi connectivity index (χ3n) is 5.46. The van der Waals surface area contributed by atoms with Gasteiger partial charge in [0.05, 0.1) is 33.1 Å². The van der Waals surface area contributed by atoms with Crippen LogP contribution in [0, 0.1) is 5.92 Å². The minimum Gasteiger partial charge on any atom is -0.339 e. The molecule has 5 rings (SSSR count). The summed E-state index contributed by atoms with van der Waals surface area (Å²) in [4.78, 5) is 23.6. The van der Waals surface area contributed by atoms with Crippen molar-refractivity contribution in [2.75, 3.05) is 13.1 Å². The highest BCUT2D eigenvalue weighted by Gasteiger charge is 2.24. The van der Waals surface area contributed by atoms with Crippen molar-refractivity contribution in [1.29, 1.82) is 0 Å². The Morgan fingerprint density at radius 2 is 1.93 bits per heavy atom. The molecular formula is C21H20N4OS. The second-order valence-electron chi connectivity index (χ2n) is 7.16. The van der Waals surface area contributed by atoms with E-state index in [4.69, 9.17) is 0 Å². The Balaban J connectivity index is 1.25. The second kappa shape index (κ2) is 6.78. The normalized spacial score (nSPS) is 15.6. The van der Waals surface area contributed by atoms with E-state index in [-0.39, 0.29) is 5.91 Å². The number of piperidine rings is 1. The highest BCUT2D eigenvalue weighted by atomic mass is 32.1. The largest absolute Gasteiger partial charge is 0.339 e. The minimum absolute atomic E-state index is 0.136. The van der Waals surface area contributed by atoms with Gasteiger partial charge in [-0.2, -0.15) is 0 Å². The van der Waals surface area contributed by atoms with Crippen LogP contribution in [0.25, 0.3) is 21.3 Å². The van der Waals surface area contributed by atoms with Crippen LogP contribution in [-0.2, 0) is 6.54 Å². The Bertz CT molecular complexity index is 1110. The number of hydrogen-bond donors (Lipinski definition) is 0. The molecule has 0 spiro atoms. The van der Waals surface area contributed by atoms with Crippen LogP contribution in [0.3, 0.4) is 0 Å². The summed E-state index contributed by atoms with van der Waals surface area (Å²) in [6, 6.07) is 14.1. The average molecular weight is 376 g/mol. The monoisotopic (exact) mass is 376 g/mol. The Labute approximate surface area is 161 Å². The number of aromatic nitrogens is 3. The number of nitrogens with zero attached hydrogens (tertiary/aromatic N) is 4. The molecule has 3 heterocycles. The van der Waals surface area contributed by atoms with E-state index >= 15 is 0 Å². The second-order valence-corrected chi connectivity index (χ2v) is 8.04. The number of hydrogen-bond acceptors (Lipinski definition) is 4. The number of para-hydroxylation sites is 2. The van der Waals surface area contributed by atoms with Crippen molar-refractivity contribution in [2.45, 2.75) is 19.4 Å². The first kappa shape index (κ1) is 16.4. The van der Waals surface area contributed by atoms with E-state index in [9.17, 15) is 4.79 Å². The van der Waals surface area contributed by atoms with Gasteiger partial charge in [0.1, 0.15) is 0 Å². The van der Waals surface area contributed by atoms with Gasteiger partial charge in [-0.05, 0) is 49.1 Å². The summed E-state index contributed by atoms with van der Waals surface area (Å²) < 4.78 is 3.32. The number of fused-ring (bicyclic) bond motifs is 2. The predicted molar refractivity (Wildman–Crippen MR) is 108 cm³/mol. The van der Waals surface area contributed by atoms with Gasteiger partial charge < -0.3 is 9.47 Å². The van der Waals surface area contributed by atoms with Crippen molar-refractivity contribution in [2.24, 2.45) is 5.92 Å². The summed E-state index contributed by atoms with van der Waals surface area (Å²) in [7, 11) is 0. The summed E-state index contributed by atoms with van der Waals surface area (Å²) in [6.07, 6.45) is 3.99. The molecule has 136 valence electrons. The lowest BCUT2D eigenvalue weighted by Gasteiger charge is -2.32. The van der Waals surface area contributed by atoms with Crippen LogP contribution in [0.2, 0.25) is 0 Å². The van der Waals surface area contributed by atoms with Gasteiger partial charge in [-0.3, -0.25) is 4.79 Å². The Morgan fingerprint density at radius 1 is 1.07 bits per heavy atom. The third-order valence-corrected chi connectivity index (χ3v) is 6.25. The first-order chi connectivity index (χ1) is 13.3. The first-order valence-electron chi connectivity index (χ1n) is 9.30. The number of amides is 1. The van der Waals surface area contributed by atoms with Gasteiger partial charge in [0, 0.05) is 25.2 Å². The lowest BCUT2D eigenvalue weighted by atomic mass is 9.96. The van der Waals surface area contributed by atoms with E-state index in [1.54, 1.807) is 11.3 Å². The fourth-order valence-electron chi connectivity index (χ4n) is 3.92. The van der Waals surface area contributed by atoms with E-state index in [0.717, 1.165) is 53.8 Å². The molecule has 27 heavy (non-hydrogen) atoms. The molecule has 0 unspecified atom stereocenters. The summed E-state index contributed by atoms with van der Waals surface area (Å²) in [5.41, 5.74) is 5.79. The Morgan fingerprint density at radius 3 is 2.81 bits per heavy atom. The molecule has 2 aromatic heterocycles. The van der Waals surface area contributed by atoms with Crippen LogP contribution < -0.4 is 0 Å². The van der Waals surface area contributed by atoms with Gasteiger partial charge in [-0.25, -0.2) is 9.97 Å². The lowest BCUT2D eigenvalue weighted by Crippen LogP contribution is -2.39. The van der Waals surface area contributed by atoms with Gasteiger partial charge in [-0.1, -0.05) is 12.1 Å². The number of benzene rings is 2.